The zero-order valence-electron chi connectivity index (χ0n) is 25.0. The molecule has 1 N–H and O–H groups in total. The summed E-state index contributed by atoms with van der Waals surface area (Å²) in [5.74, 6) is -0.437. The molecule has 4 atom stereocenters. The SMILES string of the molecule is CCCCN(CCCCN(C)C)C(=O)CN1C[C@H](c2ccc3c(c2)CCO3)[C@@H](C(=O)O)[C@@H]1CCC1CCCCO1. The number of unbranched alkanes of at least 4 members (excludes halogenated alkanes) is 2. The van der Waals surface area contributed by atoms with Crippen molar-refractivity contribution in [1.29, 1.82) is 0 Å². The fourth-order valence-electron chi connectivity index (χ4n) is 6.73. The minimum Gasteiger partial charge on any atom is -0.493 e. The van der Waals surface area contributed by atoms with E-state index in [4.69, 9.17) is 9.47 Å². The summed E-state index contributed by atoms with van der Waals surface area (Å²) in [4.78, 5) is 33.0. The molecule has 1 amide bonds. The molecule has 4 rings (SSSR count). The number of carboxylic acids is 1. The first-order valence-electron chi connectivity index (χ1n) is 15.6. The second-order valence-electron chi connectivity index (χ2n) is 12.2. The first-order chi connectivity index (χ1) is 19.4. The number of ether oxygens (including phenoxy) is 2. The van der Waals surface area contributed by atoms with Gasteiger partial charge in [0.1, 0.15) is 5.75 Å². The molecule has 8 heteroatoms. The molecule has 0 aromatic heterocycles. The fraction of sp³-hybridized carbons (Fsp3) is 0.750. The molecule has 3 aliphatic heterocycles. The molecule has 0 saturated carbocycles. The van der Waals surface area contributed by atoms with Gasteiger partial charge in [0.2, 0.25) is 5.91 Å². The van der Waals surface area contributed by atoms with E-state index in [1.165, 1.54) is 6.42 Å². The molecule has 0 spiro atoms. The third-order valence-corrected chi connectivity index (χ3v) is 8.99. The maximum Gasteiger partial charge on any atom is 0.308 e. The molecule has 3 aliphatic rings. The predicted octanol–water partition coefficient (Wildman–Crippen LogP) is 4.41. The van der Waals surface area contributed by atoms with Gasteiger partial charge in [-0.2, -0.15) is 0 Å². The number of benzene rings is 1. The Morgan fingerprint density at radius 2 is 1.85 bits per heavy atom. The summed E-state index contributed by atoms with van der Waals surface area (Å²) < 4.78 is 11.7. The van der Waals surface area contributed by atoms with Crippen LogP contribution in [0.4, 0.5) is 0 Å². The van der Waals surface area contributed by atoms with Crippen LogP contribution >= 0.6 is 0 Å². The average molecular weight is 558 g/mol. The van der Waals surface area contributed by atoms with Crippen LogP contribution < -0.4 is 4.74 Å². The molecular formula is C32H51N3O5. The van der Waals surface area contributed by atoms with Crippen LogP contribution in [0.15, 0.2) is 18.2 Å². The molecule has 8 nitrogen and oxygen atoms in total. The van der Waals surface area contributed by atoms with E-state index in [0.29, 0.717) is 13.2 Å². The van der Waals surface area contributed by atoms with Gasteiger partial charge in [0, 0.05) is 44.6 Å². The highest BCUT2D eigenvalue weighted by Gasteiger charge is 2.47. The van der Waals surface area contributed by atoms with Crippen LogP contribution in [0.2, 0.25) is 0 Å². The minimum absolute atomic E-state index is 0.129. The Morgan fingerprint density at radius 3 is 2.58 bits per heavy atom. The van der Waals surface area contributed by atoms with Crippen molar-refractivity contribution < 1.29 is 24.2 Å². The number of carboxylic acid groups (broad SMARTS) is 1. The number of hydrogen-bond donors (Lipinski definition) is 1. The van der Waals surface area contributed by atoms with Crippen molar-refractivity contribution in [2.24, 2.45) is 5.92 Å². The third-order valence-electron chi connectivity index (χ3n) is 8.99. The molecule has 0 radical (unpaired) electrons. The quantitative estimate of drug-likeness (QED) is 0.320. The Kier molecular flexibility index (Phi) is 11.7. The van der Waals surface area contributed by atoms with Crippen LogP contribution in [0.25, 0.3) is 0 Å². The van der Waals surface area contributed by atoms with Crippen molar-refractivity contribution >= 4 is 11.9 Å². The van der Waals surface area contributed by atoms with E-state index in [2.05, 4.69) is 36.9 Å². The number of nitrogens with zero attached hydrogens (tertiary/aromatic N) is 3. The van der Waals surface area contributed by atoms with Gasteiger partial charge in [-0.3, -0.25) is 14.5 Å². The van der Waals surface area contributed by atoms with Gasteiger partial charge in [0.15, 0.2) is 0 Å². The van der Waals surface area contributed by atoms with Crippen molar-refractivity contribution in [2.45, 2.75) is 89.2 Å². The van der Waals surface area contributed by atoms with Gasteiger partial charge >= 0.3 is 5.97 Å². The summed E-state index contributed by atoms with van der Waals surface area (Å²) in [6, 6.07) is 5.99. The summed E-state index contributed by atoms with van der Waals surface area (Å²) in [6.45, 7) is 7.03. The molecule has 1 aromatic rings. The van der Waals surface area contributed by atoms with Crippen LogP contribution in [-0.2, 0) is 20.7 Å². The summed E-state index contributed by atoms with van der Waals surface area (Å²) in [5.41, 5.74) is 2.21. The zero-order chi connectivity index (χ0) is 28.5. The van der Waals surface area contributed by atoms with Gasteiger partial charge in [0.25, 0.3) is 0 Å². The first kappa shape index (κ1) is 30.8. The number of amides is 1. The summed E-state index contributed by atoms with van der Waals surface area (Å²) in [7, 11) is 4.16. The summed E-state index contributed by atoms with van der Waals surface area (Å²) in [5, 5.41) is 10.5. The Bertz CT molecular complexity index is 964. The van der Waals surface area contributed by atoms with Gasteiger partial charge in [-0.05, 0) is 89.2 Å². The van der Waals surface area contributed by atoms with Crippen LogP contribution in [0, 0.1) is 5.92 Å². The standard InChI is InChI=1S/C32H51N3O5/c1-4-5-17-34(18-8-7-16-33(2)3)30(36)23-35-22-27(24-11-14-29-25(21-24)15-20-40-29)31(32(37)38)28(35)13-12-26-10-6-9-19-39-26/h11,14,21,26-28,31H,4-10,12-13,15-20,22-23H2,1-3H3,(H,37,38)/t26?,27-,28+,31-/m1/s1. The van der Waals surface area contributed by atoms with E-state index in [1.54, 1.807) is 0 Å². The summed E-state index contributed by atoms with van der Waals surface area (Å²) >= 11 is 0. The Labute approximate surface area is 241 Å². The maximum atomic E-state index is 13.7. The van der Waals surface area contributed by atoms with Crippen molar-refractivity contribution in [2.75, 3.05) is 60.0 Å². The first-order valence-corrected chi connectivity index (χ1v) is 15.6. The molecule has 224 valence electrons. The van der Waals surface area contributed by atoms with E-state index in [-0.39, 0.29) is 30.5 Å². The predicted molar refractivity (Wildman–Crippen MR) is 157 cm³/mol. The van der Waals surface area contributed by atoms with E-state index in [1.807, 2.05) is 17.0 Å². The highest BCUT2D eigenvalue weighted by Crippen LogP contribution is 2.41. The minimum atomic E-state index is -0.766. The van der Waals surface area contributed by atoms with E-state index in [9.17, 15) is 14.7 Å². The van der Waals surface area contributed by atoms with Gasteiger partial charge in [-0.15, -0.1) is 0 Å². The van der Waals surface area contributed by atoms with Crippen molar-refractivity contribution in [1.82, 2.24) is 14.7 Å². The number of aliphatic carboxylic acids is 1. The Morgan fingerprint density at radius 1 is 1.05 bits per heavy atom. The number of fused-ring (bicyclic) bond motifs is 1. The monoisotopic (exact) mass is 557 g/mol. The topological polar surface area (TPSA) is 82.5 Å². The van der Waals surface area contributed by atoms with Gasteiger partial charge in [-0.25, -0.2) is 0 Å². The van der Waals surface area contributed by atoms with Crippen molar-refractivity contribution in [3.63, 3.8) is 0 Å². The normalized spacial score (nSPS) is 24.7. The van der Waals surface area contributed by atoms with Gasteiger partial charge < -0.3 is 24.4 Å². The molecule has 40 heavy (non-hydrogen) atoms. The van der Waals surface area contributed by atoms with E-state index < -0.39 is 11.9 Å². The number of carbonyl (C=O) groups is 2. The molecule has 1 unspecified atom stereocenters. The van der Waals surface area contributed by atoms with Crippen LogP contribution in [0.1, 0.15) is 81.8 Å². The highest BCUT2D eigenvalue weighted by atomic mass is 16.5. The van der Waals surface area contributed by atoms with Gasteiger partial charge in [0.05, 0.1) is 25.2 Å². The lowest BCUT2D eigenvalue weighted by Crippen LogP contribution is -2.45. The van der Waals surface area contributed by atoms with Crippen molar-refractivity contribution in [3.8, 4) is 5.75 Å². The molecule has 2 fully saturated rings. The summed E-state index contributed by atoms with van der Waals surface area (Å²) in [6.07, 6.45) is 9.99. The second-order valence-corrected chi connectivity index (χ2v) is 12.2. The number of hydrogen-bond acceptors (Lipinski definition) is 6. The lowest BCUT2D eigenvalue weighted by Gasteiger charge is -2.31. The van der Waals surface area contributed by atoms with Gasteiger partial charge in [-0.1, -0.05) is 25.5 Å². The van der Waals surface area contributed by atoms with E-state index >= 15 is 0 Å². The molecular weight excluding hydrogens is 506 g/mol. The third kappa shape index (κ3) is 8.20. The number of carbonyl (C=O) groups excluding carboxylic acids is 1. The molecule has 3 heterocycles. The second kappa shape index (κ2) is 15.2. The largest absolute Gasteiger partial charge is 0.493 e. The highest BCUT2D eigenvalue weighted by molar-refractivity contribution is 5.79. The van der Waals surface area contributed by atoms with Crippen molar-refractivity contribution in [3.05, 3.63) is 29.3 Å². The van der Waals surface area contributed by atoms with Crippen LogP contribution in [-0.4, -0.2) is 104 Å². The average Bonchev–Trinajstić information content (AvgIpc) is 3.56. The molecule has 2 saturated heterocycles. The molecule has 1 aromatic carbocycles. The molecule has 0 bridgehead atoms. The lowest BCUT2D eigenvalue weighted by atomic mass is 9.82. The Hall–Kier alpha value is -2.16. The fourth-order valence-corrected chi connectivity index (χ4v) is 6.73. The Balaban J connectivity index is 1.51. The smallest absolute Gasteiger partial charge is 0.308 e. The number of likely N-dealkylation sites (tertiary alicyclic amines) is 1. The van der Waals surface area contributed by atoms with Crippen LogP contribution in [0.5, 0.6) is 5.75 Å². The molecule has 0 aliphatic carbocycles. The van der Waals surface area contributed by atoms with E-state index in [0.717, 1.165) is 101 Å². The maximum absolute atomic E-state index is 13.7. The zero-order valence-corrected chi connectivity index (χ0v) is 25.0. The number of rotatable bonds is 15. The lowest BCUT2D eigenvalue weighted by molar-refractivity contribution is -0.144. The van der Waals surface area contributed by atoms with Crippen LogP contribution in [0.3, 0.4) is 0 Å².